The number of hydrogen-bond acceptors (Lipinski definition) is 3. The molecule has 1 aromatic rings. The second-order valence-electron chi connectivity index (χ2n) is 5.84. The number of nitrogens with one attached hydrogen (secondary N) is 1. The maximum atomic E-state index is 10.9. The molecule has 0 aliphatic carbocycles. The number of β-amino-alcohol motifs (C(OH)–C–C–N with tert-alkyl or cyclic N) is 1. The number of aryl methyl sites for hydroxylation is 1. The Morgan fingerprint density at radius 1 is 1.39 bits per heavy atom. The molecule has 0 bridgehead atoms. The van der Waals surface area contributed by atoms with Crippen LogP contribution < -0.4 is 5.32 Å². The van der Waals surface area contributed by atoms with Crippen LogP contribution in [0.25, 0.3) is 0 Å². The molecule has 98 valence electrons. The van der Waals surface area contributed by atoms with Crippen molar-refractivity contribution in [3.8, 4) is 0 Å². The highest BCUT2D eigenvalue weighted by Crippen LogP contribution is 2.33. The summed E-state index contributed by atoms with van der Waals surface area (Å²) in [7, 11) is 2.10. The van der Waals surface area contributed by atoms with Crippen molar-refractivity contribution in [2.24, 2.45) is 0 Å². The van der Waals surface area contributed by atoms with E-state index in [1.807, 2.05) is 0 Å². The number of likely N-dealkylation sites (tertiary alicyclic amines) is 1. The number of fused-ring (bicyclic) bond motifs is 1. The number of piperidine rings is 1. The molecule has 1 aromatic carbocycles. The van der Waals surface area contributed by atoms with E-state index in [9.17, 15) is 5.11 Å². The van der Waals surface area contributed by atoms with Gasteiger partial charge in [0.05, 0.1) is 11.6 Å². The number of para-hydroxylation sites is 1. The number of hydrogen-bond donors (Lipinski definition) is 2. The number of benzene rings is 1. The maximum Gasteiger partial charge on any atom is 0.0974 e. The van der Waals surface area contributed by atoms with Crippen LogP contribution in [0.1, 0.15) is 24.8 Å². The Kier molecular flexibility index (Phi) is 3.04. The molecule has 2 unspecified atom stereocenters. The zero-order valence-electron chi connectivity index (χ0n) is 11.0. The van der Waals surface area contributed by atoms with Gasteiger partial charge in [-0.1, -0.05) is 18.2 Å². The Bertz CT molecular complexity index is 434. The standard InChI is InChI=1S/C15H22N2O/c1-17-10-4-9-15(18,11-17)14-8-7-12-5-2-3-6-13(12)16-14/h2-3,5-6,14,16,18H,4,7-11H2,1H3. The van der Waals surface area contributed by atoms with Gasteiger partial charge in [-0.3, -0.25) is 0 Å². The van der Waals surface area contributed by atoms with Gasteiger partial charge >= 0.3 is 0 Å². The van der Waals surface area contributed by atoms with Gasteiger partial charge in [0.25, 0.3) is 0 Å². The lowest BCUT2D eigenvalue weighted by Crippen LogP contribution is -2.57. The van der Waals surface area contributed by atoms with Crippen molar-refractivity contribution < 1.29 is 5.11 Å². The second-order valence-corrected chi connectivity index (χ2v) is 5.84. The van der Waals surface area contributed by atoms with E-state index in [0.717, 1.165) is 38.8 Å². The first-order valence-corrected chi connectivity index (χ1v) is 6.93. The van der Waals surface area contributed by atoms with E-state index < -0.39 is 5.60 Å². The lowest BCUT2D eigenvalue weighted by molar-refractivity contribution is -0.0399. The van der Waals surface area contributed by atoms with Crippen LogP contribution in [-0.2, 0) is 6.42 Å². The Hall–Kier alpha value is -1.06. The van der Waals surface area contributed by atoms with E-state index in [-0.39, 0.29) is 6.04 Å². The third-order valence-electron chi connectivity index (χ3n) is 4.39. The van der Waals surface area contributed by atoms with E-state index in [2.05, 4.69) is 41.5 Å². The molecule has 0 radical (unpaired) electrons. The molecule has 3 nitrogen and oxygen atoms in total. The molecule has 1 fully saturated rings. The summed E-state index contributed by atoms with van der Waals surface area (Å²) < 4.78 is 0. The third-order valence-corrected chi connectivity index (χ3v) is 4.39. The number of aliphatic hydroxyl groups is 1. The van der Waals surface area contributed by atoms with Crippen molar-refractivity contribution in [3.63, 3.8) is 0 Å². The van der Waals surface area contributed by atoms with Gasteiger partial charge in [-0.05, 0) is 50.9 Å². The SMILES string of the molecule is CN1CCCC(O)(C2CCc3ccccc3N2)C1. The molecule has 0 amide bonds. The summed E-state index contributed by atoms with van der Waals surface area (Å²) in [5, 5.41) is 14.4. The molecular formula is C15H22N2O. The highest BCUT2D eigenvalue weighted by atomic mass is 16.3. The largest absolute Gasteiger partial charge is 0.386 e. The maximum absolute atomic E-state index is 10.9. The fourth-order valence-corrected chi connectivity index (χ4v) is 3.41. The topological polar surface area (TPSA) is 35.5 Å². The molecule has 3 heteroatoms. The quantitative estimate of drug-likeness (QED) is 0.794. The molecule has 2 heterocycles. The molecule has 1 saturated heterocycles. The molecular weight excluding hydrogens is 224 g/mol. The molecule has 2 aliphatic rings. The summed E-state index contributed by atoms with van der Waals surface area (Å²) in [6, 6.07) is 8.64. The second kappa shape index (κ2) is 4.56. The van der Waals surface area contributed by atoms with Crippen LogP contribution >= 0.6 is 0 Å². The van der Waals surface area contributed by atoms with E-state index in [1.54, 1.807) is 0 Å². The van der Waals surface area contributed by atoms with Gasteiger partial charge in [0.2, 0.25) is 0 Å². The summed E-state index contributed by atoms with van der Waals surface area (Å²) in [4.78, 5) is 2.24. The summed E-state index contributed by atoms with van der Waals surface area (Å²) in [6.45, 7) is 1.89. The van der Waals surface area contributed by atoms with Crippen LogP contribution in [0.3, 0.4) is 0 Å². The zero-order valence-corrected chi connectivity index (χ0v) is 11.0. The first-order chi connectivity index (χ1) is 8.67. The monoisotopic (exact) mass is 246 g/mol. The highest BCUT2D eigenvalue weighted by Gasteiger charge is 2.40. The third kappa shape index (κ3) is 2.13. The molecule has 18 heavy (non-hydrogen) atoms. The van der Waals surface area contributed by atoms with Gasteiger partial charge in [0.1, 0.15) is 0 Å². The fourth-order valence-electron chi connectivity index (χ4n) is 3.41. The Morgan fingerprint density at radius 2 is 2.22 bits per heavy atom. The molecule has 0 spiro atoms. The van der Waals surface area contributed by atoms with Crippen molar-refractivity contribution >= 4 is 5.69 Å². The van der Waals surface area contributed by atoms with E-state index >= 15 is 0 Å². The van der Waals surface area contributed by atoms with Gasteiger partial charge in [0, 0.05) is 12.2 Å². The van der Waals surface area contributed by atoms with Gasteiger partial charge in [-0.15, -0.1) is 0 Å². The van der Waals surface area contributed by atoms with Crippen LogP contribution in [-0.4, -0.2) is 41.8 Å². The fraction of sp³-hybridized carbons (Fsp3) is 0.600. The summed E-state index contributed by atoms with van der Waals surface area (Å²) in [6.07, 6.45) is 4.10. The molecule has 2 N–H and O–H groups in total. The van der Waals surface area contributed by atoms with Crippen molar-refractivity contribution in [2.45, 2.75) is 37.3 Å². The van der Waals surface area contributed by atoms with Crippen LogP contribution in [0.5, 0.6) is 0 Å². The van der Waals surface area contributed by atoms with Gasteiger partial charge in [0.15, 0.2) is 0 Å². The van der Waals surface area contributed by atoms with E-state index in [0.29, 0.717) is 0 Å². The van der Waals surface area contributed by atoms with Crippen LogP contribution in [0, 0.1) is 0 Å². The van der Waals surface area contributed by atoms with Crippen LogP contribution in [0.2, 0.25) is 0 Å². The minimum absolute atomic E-state index is 0.190. The molecule has 0 saturated carbocycles. The predicted molar refractivity (Wildman–Crippen MR) is 73.9 cm³/mol. The molecule has 3 rings (SSSR count). The number of nitrogens with zero attached hydrogens (tertiary/aromatic N) is 1. The lowest BCUT2D eigenvalue weighted by Gasteiger charge is -2.45. The Morgan fingerprint density at radius 3 is 3.06 bits per heavy atom. The van der Waals surface area contributed by atoms with E-state index in [1.165, 1.54) is 11.3 Å². The molecule has 2 atom stereocenters. The van der Waals surface area contributed by atoms with Crippen LogP contribution in [0.4, 0.5) is 5.69 Å². The number of likely N-dealkylation sites (N-methyl/N-ethyl adjacent to an activating group) is 1. The minimum atomic E-state index is -0.569. The number of anilines is 1. The number of rotatable bonds is 1. The van der Waals surface area contributed by atoms with Crippen LogP contribution in [0.15, 0.2) is 24.3 Å². The average molecular weight is 246 g/mol. The van der Waals surface area contributed by atoms with Gasteiger partial charge < -0.3 is 15.3 Å². The van der Waals surface area contributed by atoms with Crippen molar-refractivity contribution in [3.05, 3.63) is 29.8 Å². The van der Waals surface area contributed by atoms with Crippen molar-refractivity contribution in [1.82, 2.24) is 4.90 Å². The predicted octanol–water partition coefficient (Wildman–Crippen LogP) is 1.87. The zero-order chi connectivity index (χ0) is 12.6. The molecule has 2 aliphatic heterocycles. The average Bonchev–Trinajstić information content (AvgIpc) is 2.38. The summed E-state index contributed by atoms with van der Waals surface area (Å²) >= 11 is 0. The first kappa shape index (κ1) is 12.0. The normalized spacial score (nSPS) is 32.7. The van der Waals surface area contributed by atoms with Crippen molar-refractivity contribution in [1.29, 1.82) is 0 Å². The lowest BCUT2D eigenvalue weighted by atomic mass is 9.81. The van der Waals surface area contributed by atoms with E-state index in [4.69, 9.17) is 0 Å². The molecule has 0 aromatic heterocycles. The summed E-state index contributed by atoms with van der Waals surface area (Å²) in [5.41, 5.74) is 2.01. The Balaban J connectivity index is 1.79. The van der Waals surface area contributed by atoms with Gasteiger partial charge in [-0.25, -0.2) is 0 Å². The highest BCUT2D eigenvalue weighted by molar-refractivity contribution is 5.54. The van der Waals surface area contributed by atoms with Gasteiger partial charge in [-0.2, -0.15) is 0 Å². The first-order valence-electron chi connectivity index (χ1n) is 6.93. The minimum Gasteiger partial charge on any atom is -0.386 e. The van der Waals surface area contributed by atoms with Crippen molar-refractivity contribution in [2.75, 3.05) is 25.5 Å². The summed E-state index contributed by atoms with van der Waals surface area (Å²) in [5.74, 6) is 0. The Labute approximate surface area is 109 Å². The smallest absolute Gasteiger partial charge is 0.0974 e.